The van der Waals surface area contributed by atoms with Crippen LogP contribution < -0.4 is 42.6 Å². The van der Waals surface area contributed by atoms with Gasteiger partial charge in [-0.2, -0.15) is 0 Å². The van der Waals surface area contributed by atoms with Gasteiger partial charge in [-0.25, -0.2) is 0 Å². The van der Waals surface area contributed by atoms with Crippen LogP contribution in [0.5, 0.6) is 0 Å². The topological polar surface area (TPSA) is 16.3 Å². The molecule has 0 atom stereocenters. The SMILES string of the molecule is c1ccc(-c2cccc3c2c2c(-c4ccccc4)cc4c5c2n3-c2cc3c(cc2B5c2ccccc2N4c2ccccc2)B2c4ccccc4N(c4ccccc4)c4cc(-c5ccccc5)c5c6c(-c7ccccc7)cccc6n-3c5c42)cc1. The smallest absolute Gasteiger partial charge is 0.252 e. The fourth-order valence-corrected chi connectivity index (χ4v) is 15.6. The highest BCUT2D eigenvalue weighted by atomic mass is 15.2. The zero-order valence-electron chi connectivity index (χ0n) is 45.7. The largest absolute Gasteiger partial charge is 0.311 e. The first-order chi connectivity index (χ1) is 41.8. The van der Waals surface area contributed by atoms with Crippen LogP contribution in [-0.4, -0.2) is 22.6 Å². The number of anilines is 6. The molecular formula is C78H48B2N4. The molecule has 0 N–H and O–H groups in total. The van der Waals surface area contributed by atoms with Gasteiger partial charge in [-0.3, -0.25) is 0 Å². The van der Waals surface area contributed by atoms with Gasteiger partial charge in [0, 0.05) is 67.0 Å². The summed E-state index contributed by atoms with van der Waals surface area (Å²) in [6.45, 7) is -0.208. The molecule has 2 aromatic heterocycles. The van der Waals surface area contributed by atoms with Crippen LogP contribution in [0.3, 0.4) is 0 Å². The van der Waals surface area contributed by atoms with Crippen molar-refractivity contribution < 1.29 is 0 Å². The van der Waals surface area contributed by atoms with Crippen molar-refractivity contribution in [2.75, 3.05) is 9.80 Å². The first kappa shape index (κ1) is 45.9. The quantitative estimate of drug-likeness (QED) is 0.154. The number of para-hydroxylation sites is 4. The Balaban J connectivity index is 1.03. The van der Waals surface area contributed by atoms with Gasteiger partial charge in [0.05, 0.1) is 22.1 Å². The average Bonchev–Trinajstić information content (AvgIpc) is 1.50. The Morgan fingerprint density at radius 3 is 0.964 bits per heavy atom. The van der Waals surface area contributed by atoms with Crippen molar-refractivity contribution in [2.24, 2.45) is 0 Å². The van der Waals surface area contributed by atoms with Crippen molar-refractivity contribution in [3.8, 4) is 55.9 Å². The monoisotopic (exact) mass is 1060 g/mol. The number of hydrogen-bond acceptors (Lipinski definition) is 2. The van der Waals surface area contributed by atoms with E-state index < -0.39 is 0 Å². The van der Waals surface area contributed by atoms with Gasteiger partial charge in [0.1, 0.15) is 0 Å². The van der Waals surface area contributed by atoms with E-state index in [-0.39, 0.29) is 13.4 Å². The lowest BCUT2D eigenvalue weighted by atomic mass is 9.30. The van der Waals surface area contributed by atoms with E-state index in [1.54, 1.807) is 0 Å². The Labute approximate surface area is 487 Å². The maximum Gasteiger partial charge on any atom is 0.252 e. The Kier molecular flexibility index (Phi) is 9.48. The molecule has 0 fully saturated rings. The zero-order chi connectivity index (χ0) is 54.7. The molecular weight excluding hydrogens is 1010 g/mol. The van der Waals surface area contributed by atoms with Gasteiger partial charge in [-0.05, 0) is 144 Å². The molecule has 6 heteroatoms. The predicted octanol–water partition coefficient (Wildman–Crippen LogP) is 15.8. The summed E-state index contributed by atoms with van der Waals surface area (Å²) in [5.41, 5.74) is 32.0. The molecule has 0 saturated carbocycles. The molecule has 0 aliphatic carbocycles. The molecule has 6 heterocycles. The van der Waals surface area contributed by atoms with E-state index in [9.17, 15) is 0 Å². The summed E-state index contributed by atoms with van der Waals surface area (Å²) in [5, 5.41) is 5.09. The highest BCUT2D eigenvalue weighted by Gasteiger charge is 2.48. The van der Waals surface area contributed by atoms with Gasteiger partial charge in [-0.15, -0.1) is 0 Å². The molecule has 4 nitrogen and oxygen atoms in total. The van der Waals surface area contributed by atoms with Crippen molar-refractivity contribution in [1.29, 1.82) is 0 Å². The number of aromatic nitrogens is 2. The molecule has 386 valence electrons. The standard InChI is InChI=1S/C78H48B2N4/c1-7-25-49(26-8-1)55-37-23-43-65-71(55)73-57(51-29-11-3-12-30-51)45-69-75-77(73)83(65)67-48-68-62(47-61(67)79(75)59-39-19-21-41-63(59)81(69)53-33-15-5-16-34-53)80-60-40-20-22-42-64(60)82(54-35-17-6-18-36-54)70-46-58(52-31-13-4-14-32-52)74-72-56(50-27-9-2-10-28-50)38-24-44-66(72)84(68)78(74)76(70)80/h1-48H. The lowest BCUT2D eigenvalue weighted by Gasteiger charge is -2.42. The van der Waals surface area contributed by atoms with Crippen LogP contribution in [-0.2, 0) is 0 Å². The summed E-state index contributed by atoms with van der Waals surface area (Å²) < 4.78 is 5.38. The van der Waals surface area contributed by atoms with Gasteiger partial charge >= 0.3 is 0 Å². The highest BCUT2D eigenvalue weighted by Crippen LogP contribution is 2.52. The third kappa shape index (κ3) is 6.13. The summed E-state index contributed by atoms with van der Waals surface area (Å²) >= 11 is 0. The molecule has 13 aromatic carbocycles. The van der Waals surface area contributed by atoms with E-state index in [1.807, 2.05) is 0 Å². The molecule has 0 unspecified atom stereocenters. The van der Waals surface area contributed by atoms with Crippen molar-refractivity contribution in [3.05, 3.63) is 291 Å². The van der Waals surface area contributed by atoms with E-state index in [0.717, 1.165) is 11.4 Å². The number of nitrogens with zero attached hydrogens (tertiary/aromatic N) is 4. The maximum absolute atomic E-state index is 2.69. The van der Waals surface area contributed by atoms with Crippen molar-refractivity contribution in [3.63, 3.8) is 0 Å². The first-order valence-electron chi connectivity index (χ1n) is 29.3. The van der Waals surface area contributed by atoms with Crippen LogP contribution in [0.4, 0.5) is 34.1 Å². The Morgan fingerprint density at radius 2 is 0.571 bits per heavy atom. The number of hydrogen-bond donors (Lipinski definition) is 0. The highest BCUT2D eigenvalue weighted by molar-refractivity contribution is 7.03. The van der Waals surface area contributed by atoms with Crippen LogP contribution in [0.1, 0.15) is 0 Å². The lowest BCUT2D eigenvalue weighted by Crippen LogP contribution is -2.64. The van der Waals surface area contributed by atoms with Gasteiger partial charge in [-0.1, -0.05) is 224 Å². The minimum atomic E-state index is -0.104. The summed E-state index contributed by atoms with van der Waals surface area (Å²) in [6.07, 6.45) is 0. The molecule has 0 amide bonds. The minimum Gasteiger partial charge on any atom is -0.311 e. The maximum atomic E-state index is 2.69. The normalized spacial score (nSPS) is 13.1. The molecule has 0 bridgehead atoms. The molecule has 15 aromatic rings. The number of rotatable bonds is 6. The van der Waals surface area contributed by atoms with Gasteiger partial charge in [0.2, 0.25) is 0 Å². The van der Waals surface area contributed by atoms with E-state index in [4.69, 9.17) is 0 Å². The molecule has 19 rings (SSSR count). The van der Waals surface area contributed by atoms with Crippen molar-refractivity contribution in [1.82, 2.24) is 9.13 Å². The van der Waals surface area contributed by atoms with Gasteiger partial charge in [0.15, 0.2) is 0 Å². The van der Waals surface area contributed by atoms with Crippen molar-refractivity contribution in [2.45, 2.75) is 0 Å². The molecule has 4 aliphatic rings. The predicted molar refractivity (Wildman–Crippen MR) is 356 cm³/mol. The molecule has 0 spiro atoms. The fourth-order valence-electron chi connectivity index (χ4n) is 15.6. The van der Waals surface area contributed by atoms with Crippen LogP contribution in [0.25, 0.3) is 99.5 Å². The second-order valence-electron chi connectivity index (χ2n) is 23.0. The summed E-state index contributed by atoms with van der Waals surface area (Å²) in [4.78, 5) is 5.10. The van der Waals surface area contributed by atoms with Crippen LogP contribution >= 0.6 is 0 Å². The Morgan fingerprint density at radius 1 is 0.226 bits per heavy atom. The van der Waals surface area contributed by atoms with E-state index in [2.05, 4.69) is 310 Å². The first-order valence-corrected chi connectivity index (χ1v) is 29.3. The third-order valence-electron chi connectivity index (χ3n) is 18.8. The second-order valence-corrected chi connectivity index (χ2v) is 23.0. The van der Waals surface area contributed by atoms with Crippen LogP contribution in [0.15, 0.2) is 291 Å². The third-order valence-corrected chi connectivity index (χ3v) is 18.8. The lowest BCUT2D eigenvalue weighted by molar-refractivity contribution is 1.14. The van der Waals surface area contributed by atoms with Crippen LogP contribution in [0.2, 0.25) is 0 Å². The van der Waals surface area contributed by atoms with E-state index in [1.165, 1.54) is 155 Å². The van der Waals surface area contributed by atoms with Gasteiger partial charge < -0.3 is 18.9 Å². The van der Waals surface area contributed by atoms with Gasteiger partial charge in [0.25, 0.3) is 13.4 Å². The summed E-state index contributed by atoms with van der Waals surface area (Å²) in [5.74, 6) is 0. The van der Waals surface area contributed by atoms with E-state index in [0.29, 0.717) is 0 Å². The molecule has 4 aliphatic heterocycles. The van der Waals surface area contributed by atoms with Crippen molar-refractivity contribution >= 4 is 124 Å². The van der Waals surface area contributed by atoms with E-state index >= 15 is 0 Å². The average molecular weight is 1060 g/mol. The van der Waals surface area contributed by atoms with Crippen LogP contribution in [0, 0.1) is 0 Å². The fraction of sp³-hybridized carbons (Fsp3) is 0. The number of benzene rings is 13. The molecule has 0 radical (unpaired) electrons. The summed E-state index contributed by atoms with van der Waals surface area (Å²) in [7, 11) is 0. The Bertz CT molecular complexity index is 4930. The number of fused-ring (bicyclic) bond motifs is 16. The minimum absolute atomic E-state index is 0.104. The second kappa shape index (κ2) is 17.4. The Hall–Kier alpha value is -10.8. The molecule has 0 saturated heterocycles. The molecule has 84 heavy (non-hydrogen) atoms. The summed E-state index contributed by atoms with van der Waals surface area (Å²) in [6, 6.07) is 109. The zero-order valence-corrected chi connectivity index (χ0v) is 45.7.